The Hall–Kier alpha value is -2.70. The number of anilines is 1. The highest BCUT2D eigenvalue weighted by molar-refractivity contribution is 5.95. The average Bonchev–Trinajstić information content (AvgIpc) is 2.95. The molecule has 2 aliphatic heterocycles. The van der Waals surface area contributed by atoms with Gasteiger partial charge in [-0.3, -0.25) is 19.2 Å². The zero-order chi connectivity index (χ0) is 20.7. The minimum Gasteiger partial charge on any atom is -0.342 e. The number of fused-ring (bicyclic) bond motifs is 1. The fourth-order valence-corrected chi connectivity index (χ4v) is 4.51. The molecular formula is C22H29N5O2. The minimum absolute atomic E-state index is 0.110. The Bertz CT molecular complexity index is 964. The summed E-state index contributed by atoms with van der Waals surface area (Å²) in [4.78, 5) is 33.3. The number of aryl methyl sites for hydroxylation is 3. The van der Waals surface area contributed by atoms with Gasteiger partial charge in [0, 0.05) is 56.4 Å². The van der Waals surface area contributed by atoms with E-state index in [1.54, 1.807) is 6.92 Å². The zero-order valence-corrected chi connectivity index (χ0v) is 17.7. The molecule has 4 rings (SSSR count). The summed E-state index contributed by atoms with van der Waals surface area (Å²) < 4.78 is 1.86. The molecule has 29 heavy (non-hydrogen) atoms. The first-order valence-corrected chi connectivity index (χ1v) is 10.4. The normalized spacial score (nSPS) is 19.4. The first-order chi connectivity index (χ1) is 13.8. The molecular weight excluding hydrogens is 366 g/mol. The smallest absolute Gasteiger partial charge is 0.228 e. The molecule has 1 unspecified atom stereocenters. The molecule has 4 heterocycles. The van der Waals surface area contributed by atoms with E-state index in [1.807, 2.05) is 35.4 Å². The molecule has 0 aliphatic carbocycles. The van der Waals surface area contributed by atoms with E-state index in [1.165, 1.54) is 0 Å². The second-order valence-corrected chi connectivity index (χ2v) is 8.28. The highest BCUT2D eigenvalue weighted by atomic mass is 16.2. The molecule has 1 fully saturated rings. The summed E-state index contributed by atoms with van der Waals surface area (Å²) in [6.07, 6.45) is 3.24. The zero-order valence-electron chi connectivity index (χ0n) is 17.7. The lowest BCUT2D eigenvalue weighted by molar-refractivity contribution is -0.130. The number of piperidine rings is 1. The van der Waals surface area contributed by atoms with Crippen LogP contribution in [0, 0.1) is 13.8 Å². The maximum absolute atomic E-state index is 12.8. The quantitative estimate of drug-likeness (QED) is 0.801. The topological polar surface area (TPSA) is 71.3 Å². The van der Waals surface area contributed by atoms with Gasteiger partial charge in [-0.1, -0.05) is 6.07 Å². The fourth-order valence-electron chi connectivity index (χ4n) is 4.51. The van der Waals surface area contributed by atoms with Crippen LogP contribution in [0.15, 0.2) is 12.1 Å². The van der Waals surface area contributed by atoms with E-state index >= 15 is 0 Å². The fraction of sp³-hybridized carbons (Fsp3) is 0.545. The molecule has 154 valence electrons. The summed E-state index contributed by atoms with van der Waals surface area (Å²) in [5.41, 5.74) is 5.20. The summed E-state index contributed by atoms with van der Waals surface area (Å²) in [7, 11) is 1.93. The molecule has 2 aromatic heterocycles. The maximum atomic E-state index is 12.8. The largest absolute Gasteiger partial charge is 0.342 e. The SMILES string of the molecule is CC(=O)N1CCCC(c2ccc3c(n2)N(Cc2c(C)nn(C)c2C)C(=O)CC3)C1. The Morgan fingerprint density at radius 1 is 1.24 bits per heavy atom. The molecule has 2 aromatic rings. The number of carbonyl (C=O) groups excluding carboxylic acids is 2. The highest BCUT2D eigenvalue weighted by Gasteiger charge is 2.30. The van der Waals surface area contributed by atoms with Crippen molar-refractivity contribution in [3.05, 3.63) is 40.3 Å². The van der Waals surface area contributed by atoms with Crippen LogP contribution in [0.4, 0.5) is 5.82 Å². The van der Waals surface area contributed by atoms with Crippen molar-refractivity contribution in [2.24, 2.45) is 7.05 Å². The van der Waals surface area contributed by atoms with Crippen molar-refractivity contribution in [3.8, 4) is 0 Å². The number of hydrogen-bond acceptors (Lipinski definition) is 4. The van der Waals surface area contributed by atoms with Crippen molar-refractivity contribution in [3.63, 3.8) is 0 Å². The predicted octanol–water partition coefficient (Wildman–Crippen LogP) is 2.64. The summed E-state index contributed by atoms with van der Waals surface area (Å²) in [5.74, 6) is 1.23. The van der Waals surface area contributed by atoms with Gasteiger partial charge in [-0.2, -0.15) is 5.10 Å². The Labute approximate surface area is 171 Å². The van der Waals surface area contributed by atoms with Gasteiger partial charge in [0.25, 0.3) is 0 Å². The van der Waals surface area contributed by atoms with Gasteiger partial charge in [0.05, 0.1) is 12.2 Å². The summed E-state index contributed by atoms with van der Waals surface area (Å²) in [6, 6.07) is 4.20. The van der Waals surface area contributed by atoms with Crippen LogP contribution < -0.4 is 4.90 Å². The number of nitrogens with zero attached hydrogens (tertiary/aromatic N) is 5. The predicted molar refractivity (Wildman–Crippen MR) is 111 cm³/mol. The number of amides is 2. The minimum atomic E-state index is 0.110. The Kier molecular flexibility index (Phi) is 5.15. The lowest BCUT2D eigenvalue weighted by Crippen LogP contribution is -2.39. The van der Waals surface area contributed by atoms with Crippen molar-refractivity contribution in [2.75, 3.05) is 18.0 Å². The van der Waals surface area contributed by atoms with Gasteiger partial charge < -0.3 is 4.90 Å². The van der Waals surface area contributed by atoms with Crippen LogP contribution in [0.3, 0.4) is 0 Å². The van der Waals surface area contributed by atoms with E-state index < -0.39 is 0 Å². The number of rotatable bonds is 3. The lowest BCUT2D eigenvalue weighted by Gasteiger charge is -2.33. The number of pyridine rings is 1. The van der Waals surface area contributed by atoms with Gasteiger partial charge in [0.15, 0.2) is 0 Å². The molecule has 0 aromatic carbocycles. The molecule has 7 heteroatoms. The van der Waals surface area contributed by atoms with E-state index in [-0.39, 0.29) is 17.7 Å². The third kappa shape index (κ3) is 3.66. The molecule has 0 radical (unpaired) electrons. The van der Waals surface area contributed by atoms with Crippen molar-refractivity contribution in [2.45, 2.75) is 58.9 Å². The van der Waals surface area contributed by atoms with Gasteiger partial charge in [-0.05, 0) is 44.7 Å². The van der Waals surface area contributed by atoms with Gasteiger partial charge in [0.1, 0.15) is 5.82 Å². The van der Waals surface area contributed by atoms with Crippen LogP contribution in [-0.4, -0.2) is 44.6 Å². The molecule has 0 N–H and O–H groups in total. The van der Waals surface area contributed by atoms with Gasteiger partial charge in [-0.25, -0.2) is 4.98 Å². The summed E-state index contributed by atoms with van der Waals surface area (Å²) >= 11 is 0. The van der Waals surface area contributed by atoms with Crippen molar-refractivity contribution in [1.82, 2.24) is 19.7 Å². The van der Waals surface area contributed by atoms with Crippen LogP contribution in [0.1, 0.15) is 60.3 Å². The maximum Gasteiger partial charge on any atom is 0.228 e. The standard InChI is InChI=1S/C22H29N5O2/c1-14-19(15(2)25(4)24-14)13-27-21(29)10-8-17-7-9-20(23-22(17)27)18-6-5-11-26(12-18)16(3)28/h7,9,18H,5-6,8,10-13H2,1-4H3. The van der Waals surface area contributed by atoms with Crippen molar-refractivity contribution >= 4 is 17.6 Å². The van der Waals surface area contributed by atoms with Gasteiger partial charge in [-0.15, -0.1) is 0 Å². The van der Waals surface area contributed by atoms with Crippen LogP contribution in [0.5, 0.6) is 0 Å². The third-order valence-electron chi connectivity index (χ3n) is 6.40. The second-order valence-electron chi connectivity index (χ2n) is 8.28. The molecule has 7 nitrogen and oxygen atoms in total. The summed E-state index contributed by atoms with van der Waals surface area (Å²) in [5, 5.41) is 4.49. The van der Waals surface area contributed by atoms with Crippen molar-refractivity contribution < 1.29 is 9.59 Å². The first-order valence-electron chi connectivity index (χ1n) is 10.4. The van der Waals surface area contributed by atoms with Crippen molar-refractivity contribution in [1.29, 1.82) is 0 Å². The number of carbonyl (C=O) groups is 2. The van der Waals surface area contributed by atoms with Crippen LogP contribution in [0.2, 0.25) is 0 Å². The van der Waals surface area contributed by atoms with E-state index in [2.05, 4.69) is 17.2 Å². The number of likely N-dealkylation sites (tertiary alicyclic amines) is 1. The van der Waals surface area contributed by atoms with Gasteiger partial charge >= 0.3 is 0 Å². The van der Waals surface area contributed by atoms with E-state index in [0.717, 1.165) is 59.8 Å². The van der Waals surface area contributed by atoms with E-state index in [0.29, 0.717) is 19.5 Å². The van der Waals surface area contributed by atoms with Crippen LogP contribution >= 0.6 is 0 Å². The third-order valence-corrected chi connectivity index (χ3v) is 6.40. The molecule has 1 saturated heterocycles. The molecule has 2 amide bonds. The molecule has 0 saturated carbocycles. The van der Waals surface area contributed by atoms with E-state index in [4.69, 9.17) is 4.98 Å². The molecule has 1 atom stereocenters. The first kappa shape index (κ1) is 19.6. The van der Waals surface area contributed by atoms with Crippen LogP contribution in [-0.2, 0) is 29.6 Å². The summed E-state index contributed by atoms with van der Waals surface area (Å²) in [6.45, 7) is 7.67. The second kappa shape index (κ2) is 7.61. The highest BCUT2D eigenvalue weighted by Crippen LogP contribution is 2.33. The number of aromatic nitrogens is 3. The van der Waals surface area contributed by atoms with E-state index in [9.17, 15) is 9.59 Å². The Morgan fingerprint density at radius 2 is 2.03 bits per heavy atom. The average molecular weight is 396 g/mol. The monoisotopic (exact) mass is 395 g/mol. The Morgan fingerprint density at radius 3 is 2.72 bits per heavy atom. The Balaban J connectivity index is 1.66. The molecule has 0 bridgehead atoms. The molecule has 0 spiro atoms. The molecule has 2 aliphatic rings. The van der Waals surface area contributed by atoms with Gasteiger partial charge in [0.2, 0.25) is 11.8 Å². The lowest BCUT2D eigenvalue weighted by atomic mass is 9.93. The van der Waals surface area contributed by atoms with Crippen LogP contribution in [0.25, 0.3) is 0 Å². The number of hydrogen-bond donors (Lipinski definition) is 0.